The zero-order chi connectivity index (χ0) is 17.9. The first kappa shape index (κ1) is 23.6. The van der Waals surface area contributed by atoms with Crippen LogP contribution >= 0.6 is 0 Å². The molecule has 0 saturated carbocycles. The Kier molecular flexibility index (Phi) is 12.2. The number of hydrogen-bond donors (Lipinski definition) is 2. The summed E-state index contributed by atoms with van der Waals surface area (Å²) >= 11 is 9.21. The summed E-state index contributed by atoms with van der Waals surface area (Å²) in [6.07, 6.45) is 0. The van der Waals surface area contributed by atoms with Gasteiger partial charge in [0.15, 0.2) is 11.8 Å². The Morgan fingerprint density at radius 1 is 0.760 bits per heavy atom. The molecule has 0 fully saturated rings. The van der Waals surface area contributed by atoms with E-state index in [0.29, 0.717) is 0 Å². The van der Waals surface area contributed by atoms with Crippen molar-refractivity contribution in [1.82, 2.24) is 0 Å². The minimum absolute atomic E-state index is 0. The largest absolute Gasteiger partial charge is 2.00 e. The third-order valence-electron chi connectivity index (χ3n) is 3.10. The first-order chi connectivity index (χ1) is 11.5. The van der Waals surface area contributed by atoms with E-state index in [4.69, 9.17) is 0 Å². The van der Waals surface area contributed by atoms with Crippen LogP contribution in [0, 0.1) is 13.8 Å². The molecule has 2 N–H and O–H groups in total. The predicted molar refractivity (Wildman–Crippen MR) is 104 cm³/mol. The minimum atomic E-state index is -0.126. The second-order valence-electron chi connectivity index (χ2n) is 5.01. The number of hydrogen-bond acceptors (Lipinski definition) is 4. The number of carbonyl (C=O) groups is 2. The number of amides is 2. The summed E-state index contributed by atoms with van der Waals surface area (Å²) in [5, 5.41) is 5.43. The van der Waals surface area contributed by atoms with E-state index < -0.39 is 0 Å². The molecule has 0 bridgehead atoms. The van der Waals surface area contributed by atoms with E-state index in [1.54, 1.807) is 0 Å². The number of benzene rings is 2. The van der Waals surface area contributed by atoms with Gasteiger partial charge in [-0.15, -0.1) is 0 Å². The van der Waals surface area contributed by atoms with Crippen molar-refractivity contribution in [2.24, 2.45) is 0 Å². The molecule has 7 heteroatoms. The fourth-order valence-electron chi connectivity index (χ4n) is 1.80. The van der Waals surface area contributed by atoms with Gasteiger partial charge in [0.2, 0.25) is 0 Å². The summed E-state index contributed by atoms with van der Waals surface area (Å²) < 4.78 is 0. The molecule has 0 aliphatic heterocycles. The minimum Gasteiger partial charge on any atom is -0.783 e. The third kappa shape index (κ3) is 9.02. The van der Waals surface area contributed by atoms with Crippen LogP contribution in [0.25, 0.3) is 0 Å². The van der Waals surface area contributed by atoms with Gasteiger partial charge in [-0.1, -0.05) is 47.9 Å². The molecule has 2 amide bonds. The summed E-state index contributed by atoms with van der Waals surface area (Å²) in [4.78, 5) is 21.8. The maximum Gasteiger partial charge on any atom is 2.00 e. The monoisotopic (exact) mass is 415 g/mol. The molecule has 0 heterocycles. The predicted octanol–water partition coefficient (Wildman–Crippen LogP) is 2.96. The fraction of sp³-hybridized carbons (Fsp3) is 0.222. The molecule has 2 aromatic rings. The summed E-state index contributed by atoms with van der Waals surface area (Å²) in [6, 6.07) is 15.2. The Morgan fingerprint density at radius 2 is 1.08 bits per heavy atom. The fourth-order valence-corrected chi connectivity index (χ4v) is 1.94. The Bertz CT molecular complexity index is 637. The van der Waals surface area contributed by atoms with Crippen molar-refractivity contribution < 1.29 is 26.7 Å². The standard InChI is InChI=1S/2C9H11NOS.Mn/c2*1-7-4-2-3-5-8(7)10-9(11)6-12;/h2*2-5,12H,6H2,1H3,(H,10,11);/q;;+2/p-2. The molecule has 2 rings (SSSR count). The third-order valence-corrected chi connectivity index (χ3v) is 3.62. The Balaban J connectivity index is 0.000000443. The average molecular weight is 415 g/mol. The average Bonchev–Trinajstić information content (AvgIpc) is 2.59. The molecule has 25 heavy (non-hydrogen) atoms. The van der Waals surface area contributed by atoms with Crippen LogP contribution in [0.5, 0.6) is 0 Å². The summed E-state index contributed by atoms with van der Waals surface area (Å²) in [7, 11) is 0. The van der Waals surface area contributed by atoms with Crippen LogP contribution < -0.4 is 10.6 Å². The van der Waals surface area contributed by atoms with E-state index in [0.717, 1.165) is 22.5 Å². The maximum atomic E-state index is 10.9. The number of aryl methyl sites for hydroxylation is 2. The van der Waals surface area contributed by atoms with Crippen LogP contribution in [-0.4, -0.2) is 23.3 Å². The van der Waals surface area contributed by atoms with Crippen LogP contribution in [0.4, 0.5) is 11.4 Å². The van der Waals surface area contributed by atoms with Crippen molar-refractivity contribution in [2.45, 2.75) is 13.8 Å². The zero-order valence-corrected chi connectivity index (χ0v) is 16.9. The van der Waals surface area contributed by atoms with Gasteiger partial charge >= 0.3 is 17.1 Å². The number of anilines is 2. The van der Waals surface area contributed by atoms with Crippen LogP contribution in [-0.2, 0) is 51.9 Å². The van der Waals surface area contributed by atoms with Gasteiger partial charge in [-0.3, -0.25) is 9.59 Å². The van der Waals surface area contributed by atoms with Gasteiger partial charge in [-0.2, -0.15) is 0 Å². The van der Waals surface area contributed by atoms with Gasteiger partial charge in [-0.05, 0) is 37.1 Å². The van der Waals surface area contributed by atoms with Crippen LogP contribution in [0.3, 0.4) is 0 Å². The van der Waals surface area contributed by atoms with Crippen LogP contribution in [0.1, 0.15) is 11.1 Å². The first-order valence-corrected chi connectivity index (χ1v) is 8.50. The number of nitrogens with one attached hydrogen (secondary N) is 2. The molecule has 4 nitrogen and oxygen atoms in total. The van der Waals surface area contributed by atoms with Crippen molar-refractivity contribution in [3.05, 3.63) is 59.7 Å². The van der Waals surface area contributed by atoms with Gasteiger partial charge in [0.25, 0.3) is 0 Å². The molecule has 2 aromatic carbocycles. The smallest absolute Gasteiger partial charge is 0.783 e. The summed E-state index contributed by atoms with van der Waals surface area (Å²) in [5.41, 5.74) is 3.78. The quantitative estimate of drug-likeness (QED) is 0.596. The zero-order valence-electron chi connectivity index (χ0n) is 14.0. The normalized spacial score (nSPS) is 9.12. The molecule has 1 radical (unpaired) electrons. The van der Waals surface area contributed by atoms with E-state index in [1.807, 2.05) is 62.4 Å². The summed E-state index contributed by atoms with van der Waals surface area (Å²) in [5.74, 6) is -0.0403. The Hall–Kier alpha value is -1.40. The van der Waals surface area contributed by atoms with Crippen molar-refractivity contribution in [3.63, 3.8) is 0 Å². The number of para-hydroxylation sites is 2. The van der Waals surface area contributed by atoms with Gasteiger partial charge in [-0.25, -0.2) is 0 Å². The molecule has 0 unspecified atom stereocenters. The van der Waals surface area contributed by atoms with Crippen molar-refractivity contribution in [2.75, 3.05) is 22.1 Å². The van der Waals surface area contributed by atoms with Crippen molar-refractivity contribution >= 4 is 48.4 Å². The van der Waals surface area contributed by atoms with Crippen LogP contribution in [0.2, 0.25) is 0 Å². The number of carbonyl (C=O) groups excluding carboxylic acids is 2. The molecular weight excluding hydrogens is 395 g/mol. The number of rotatable bonds is 4. The SMILES string of the molecule is Cc1ccccc1NC(=O)C[S-].Cc1ccccc1NC(=O)C[S-].[Mn+2]. The van der Waals surface area contributed by atoms with E-state index in [1.165, 1.54) is 0 Å². The van der Waals surface area contributed by atoms with Gasteiger partial charge < -0.3 is 35.9 Å². The molecule has 0 saturated heterocycles. The van der Waals surface area contributed by atoms with Crippen LogP contribution in [0.15, 0.2) is 48.5 Å². The molecule has 0 aliphatic carbocycles. The van der Waals surface area contributed by atoms with Gasteiger partial charge in [0.1, 0.15) is 0 Å². The van der Waals surface area contributed by atoms with Gasteiger partial charge in [0.05, 0.1) is 0 Å². The van der Waals surface area contributed by atoms with E-state index in [9.17, 15) is 9.59 Å². The van der Waals surface area contributed by atoms with Gasteiger partial charge in [0, 0.05) is 11.4 Å². The molecule has 133 valence electrons. The second-order valence-corrected chi connectivity index (χ2v) is 5.59. The van der Waals surface area contributed by atoms with Crippen molar-refractivity contribution in [3.8, 4) is 0 Å². The molecular formula is C18H20MnN2O2S2. The van der Waals surface area contributed by atoms with Crippen molar-refractivity contribution in [1.29, 1.82) is 0 Å². The molecule has 0 spiro atoms. The Morgan fingerprint density at radius 3 is 1.36 bits per heavy atom. The van der Waals surface area contributed by atoms with E-state index in [2.05, 4.69) is 35.9 Å². The molecule has 0 atom stereocenters. The topological polar surface area (TPSA) is 58.2 Å². The summed E-state index contributed by atoms with van der Waals surface area (Å²) in [6.45, 7) is 3.89. The van der Waals surface area contributed by atoms with E-state index in [-0.39, 0.29) is 40.4 Å². The Labute approximate surface area is 170 Å². The molecule has 0 aromatic heterocycles. The first-order valence-electron chi connectivity index (χ1n) is 7.35. The molecule has 0 aliphatic rings. The maximum absolute atomic E-state index is 10.9. The second kappa shape index (κ2) is 12.9. The van der Waals surface area contributed by atoms with E-state index >= 15 is 0 Å².